The van der Waals surface area contributed by atoms with E-state index in [0.29, 0.717) is 6.54 Å². The van der Waals surface area contributed by atoms with Gasteiger partial charge in [0.05, 0.1) is 0 Å². The van der Waals surface area contributed by atoms with E-state index < -0.39 is 0 Å². The van der Waals surface area contributed by atoms with Gasteiger partial charge in [0.2, 0.25) is 5.91 Å². The number of carbonyl (C=O) groups is 1. The minimum Gasteiger partial charge on any atom is -0.370 e. The zero-order valence-electron chi connectivity index (χ0n) is 13.0. The quantitative estimate of drug-likeness (QED) is 0.925. The van der Waals surface area contributed by atoms with E-state index in [4.69, 9.17) is 0 Å². The van der Waals surface area contributed by atoms with Crippen molar-refractivity contribution in [2.75, 3.05) is 11.9 Å². The molecule has 0 unspecified atom stereocenters. The first kappa shape index (κ1) is 14.6. The van der Waals surface area contributed by atoms with Gasteiger partial charge in [-0.3, -0.25) is 4.79 Å². The van der Waals surface area contributed by atoms with Crippen molar-refractivity contribution in [2.24, 2.45) is 0 Å². The number of hydrogen-bond donors (Lipinski definition) is 1. The topological polar surface area (TPSA) is 32.3 Å². The normalized spacial score (nSPS) is 17.6. The van der Waals surface area contributed by atoms with Crippen LogP contribution in [0.5, 0.6) is 0 Å². The molecule has 1 heterocycles. The number of nitrogens with one attached hydrogen (secondary N) is 1. The summed E-state index contributed by atoms with van der Waals surface area (Å²) < 4.78 is 0. The van der Waals surface area contributed by atoms with Crippen LogP contribution in [-0.2, 0) is 11.3 Å². The van der Waals surface area contributed by atoms with Crippen LogP contribution in [0.2, 0.25) is 0 Å². The molecule has 114 valence electrons. The molecule has 3 rings (SSSR count). The Balaban J connectivity index is 1.97. The van der Waals surface area contributed by atoms with Crippen molar-refractivity contribution in [3.63, 3.8) is 0 Å². The molecule has 1 aliphatic heterocycles. The molecular formula is C19H22N2O. The van der Waals surface area contributed by atoms with Crippen LogP contribution in [0.3, 0.4) is 0 Å². The number of fused-ring (bicyclic) bond motifs is 1. The van der Waals surface area contributed by atoms with Crippen LogP contribution in [0, 0.1) is 0 Å². The van der Waals surface area contributed by atoms with E-state index in [0.717, 1.165) is 30.6 Å². The Morgan fingerprint density at radius 2 is 1.82 bits per heavy atom. The summed E-state index contributed by atoms with van der Waals surface area (Å²) in [5, 5.41) is 3.44. The molecule has 0 radical (unpaired) electrons. The van der Waals surface area contributed by atoms with Crippen molar-refractivity contribution < 1.29 is 4.79 Å². The smallest absolute Gasteiger partial charge is 0.250 e. The predicted molar refractivity (Wildman–Crippen MR) is 89.6 cm³/mol. The average molecular weight is 294 g/mol. The maximum Gasteiger partial charge on any atom is 0.250 e. The Morgan fingerprint density at radius 3 is 2.59 bits per heavy atom. The second-order valence-electron chi connectivity index (χ2n) is 5.76. The van der Waals surface area contributed by atoms with Crippen molar-refractivity contribution in [1.82, 2.24) is 4.90 Å². The number of amides is 1. The van der Waals surface area contributed by atoms with E-state index in [1.165, 1.54) is 5.56 Å². The molecule has 0 saturated carbocycles. The summed E-state index contributed by atoms with van der Waals surface area (Å²) in [5.41, 5.74) is 3.26. The van der Waals surface area contributed by atoms with Gasteiger partial charge in [0.1, 0.15) is 6.04 Å². The lowest BCUT2D eigenvalue weighted by Gasteiger charge is -2.24. The maximum atomic E-state index is 13.0. The van der Waals surface area contributed by atoms with Crippen LogP contribution in [0.15, 0.2) is 54.6 Å². The van der Waals surface area contributed by atoms with Crippen LogP contribution in [0.1, 0.15) is 36.9 Å². The molecule has 0 aliphatic carbocycles. The number of para-hydroxylation sites is 1. The second kappa shape index (κ2) is 6.65. The monoisotopic (exact) mass is 294 g/mol. The summed E-state index contributed by atoms with van der Waals surface area (Å²) in [4.78, 5) is 15.0. The average Bonchev–Trinajstić information content (AvgIpc) is 2.71. The van der Waals surface area contributed by atoms with Gasteiger partial charge >= 0.3 is 0 Å². The van der Waals surface area contributed by atoms with Crippen LogP contribution >= 0.6 is 0 Å². The highest BCUT2D eigenvalue weighted by Gasteiger charge is 2.29. The Hall–Kier alpha value is -2.29. The van der Waals surface area contributed by atoms with Gasteiger partial charge in [0.15, 0.2) is 0 Å². The standard InChI is InChI=1S/C19H22N2O/c1-2-3-13-21-14-16-11-7-8-12-17(16)20-18(19(21)22)15-9-5-4-6-10-15/h4-12,18,20H,2-3,13-14H2,1H3/t18-/m0/s1. The molecule has 3 nitrogen and oxygen atoms in total. The van der Waals surface area contributed by atoms with Crippen molar-refractivity contribution in [1.29, 1.82) is 0 Å². The lowest BCUT2D eigenvalue weighted by Crippen LogP contribution is -2.36. The van der Waals surface area contributed by atoms with Crippen LogP contribution in [0.25, 0.3) is 0 Å². The lowest BCUT2D eigenvalue weighted by molar-refractivity contribution is -0.132. The van der Waals surface area contributed by atoms with Gasteiger partial charge in [0.25, 0.3) is 0 Å². The zero-order valence-corrected chi connectivity index (χ0v) is 13.0. The number of nitrogens with zero attached hydrogens (tertiary/aromatic N) is 1. The number of rotatable bonds is 4. The zero-order chi connectivity index (χ0) is 15.4. The number of unbranched alkanes of at least 4 members (excludes halogenated alkanes) is 1. The molecule has 0 aromatic heterocycles. The molecule has 2 aromatic rings. The summed E-state index contributed by atoms with van der Waals surface area (Å²) in [6.07, 6.45) is 2.13. The predicted octanol–water partition coefficient (Wildman–Crippen LogP) is 3.98. The minimum absolute atomic E-state index is 0.163. The SMILES string of the molecule is CCCCN1Cc2ccccc2N[C@@H](c2ccccc2)C1=O. The fraction of sp³-hybridized carbons (Fsp3) is 0.316. The van der Waals surface area contributed by atoms with E-state index in [2.05, 4.69) is 24.4 Å². The Kier molecular flexibility index (Phi) is 4.42. The van der Waals surface area contributed by atoms with E-state index >= 15 is 0 Å². The number of benzene rings is 2. The highest BCUT2D eigenvalue weighted by Crippen LogP contribution is 2.29. The third-order valence-electron chi connectivity index (χ3n) is 4.15. The van der Waals surface area contributed by atoms with Gasteiger partial charge in [-0.1, -0.05) is 61.9 Å². The largest absolute Gasteiger partial charge is 0.370 e. The molecule has 0 spiro atoms. The first-order valence-electron chi connectivity index (χ1n) is 7.97. The molecule has 1 aliphatic rings. The number of carbonyl (C=O) groups excluding carboxylic acids is 1. The van der Waals surface area contributed by atoms with Gasteiger partial charge in [-0.2, -0.15) is 0 Å². The summed E-state index contributed by atoms with van der Waals surface area (Å²) in [5.74, 6) is 0.163. The summed E-state index contributed by atoms with van der Waals surface area (Å²) in [6, 6.07) is 17.9. The third kappa shape index (κ3) is 2.98. The molecule has 3 heteroatoms. The van der Waals surface area contributed by atoms with E-state index in [1.54, 1.807) is 0 Å². The summed E-state index contributed by atoms with van der Waals surface area (Å²) in [7, 11) is 0. The molecule has 0 fully saturated rings. The molecule has 0 saturated heterocycles. The molecule has 1 amide bonds. The van der Waals surface area contributed by atoms with E-state index in [1.807, 2.05) is 47.4 Å². The Bertz CT molecular complexity index is 639. The van der Waals surface area contributed by atoms with Crippen molar-refractivity contribution in [2.45, 2.75) is 32.4 Å². The molecule has 1 N–H and O–H groups in total. The van der Waals surface area contributed by atoms with Crippen LogP contribution in [0.4, 0.5) is 5.69 Å². The minimum atomic E-state index is -0.304. The summed E-state index contributed by atoms with van der Waals surface area (Å²) in [6.45, 7) is 3.66. The molecular weight excluding hydrogens is 272 g/mol. The van der Waals surface area contributed by atoms with Gasteiger partial charge < -0.3 is 10.2 Å². The number of anilines is 1. The highest BCUT2D eigenvalue weighted by molar-refractivity contribution is 5.87. The van der Waals surface area contributed by atoms with Crippen molar-refractivity contribution in [3.05, 3.63) is 65.7 Å². The Morgan fingerprint density at radius 1 is 1.09 bits per heavy atom. The third-order valence-corrected chi connectivity index (χ3v) is 4.15. The van der Waals surface area contributed by atoms with Gasteiger partial charge in [0, 0.05) is 18.8 Å². The summed E-state index contributed by atoms with van der Waals surface area (Å²) >= 11 is 0. The van der Waals surface area contributed by atoms with Crippen LogP contribution < -0.4 is 5.32 Å². The molecule has 2 aromatic carbocycles. The van der Waals surface area contributed by atoms with Gasteiger partial charge in [-0.15, -0.1) is 0 Å². The van der Waals surface area contributed by atoms with Gasteiger partial charge in [-0.25, -0.2) is 0 Å². The van der Waals surface area contributed by atoms with E-state index in [-0.39, 0.29) is 11.9 Å². The molecule has 0 bridgehead atoms. The van der Waals surface area contributed by atoms with Crippen LogP contribution in [-0.4, -0.2) is 17.4 Å². The number of hydrogen-bond acceptors (Lipinski definition) is 2. The van der Waals surface area contributed by atoms with Crippen molar-refractivity contribution >= 4 is 11.6 Å². The lowest BCUT2D eigenvalue weighted by atomic mass is 10.1. The first-order valence-corrected chi connectivity index (χ1v) is 7.97. The first-order chi connectivity index (χ1) is 10.8. The second-order valence-corrected chi connectivity index (χ2v) is 5.76. The maximum absolute atomic E-state index is 13.0. The van der Waals surface area contributed by atoms with Crippen molar-refractivity contribution in [3.8, 4) is 0 Å². The Labute approximate surface area is 132 Å². The molecule has 22 heavy (non-hydrogen) atoms. The molecule has 1 atom stereocenters. The van der Waals surface area contributed by atoms with Gasteiger partial charge in [-0.05, 0) is 23.6 Å². The fourth-order valence-electron chi connectivity index (χ4n) is 2.89. The van der Waals surface area contributed by atoms with E-state index in [9.17, 15) is 4.79 Å². The highest BCUT2D eigenvalue weighted by atomic mass is 16.2. The fourth-order valence-corrected chi connectivity index (χ4v) is 2.89.